The number of benzene rings is 5. The summed E-state index contributed by atoms with van der Waals surface area (Å²) in [4.78, 5) is 4.97. The zero-order valence-electron chi connectivity index (χ0n) is 33.5. The number of anilines is 6. The highest BCUT2D eigenvalue weighted by molar-refractivity contribution is 7.33. The maximum atomic E-state index is 8.36. The normalized spacial score (nSPS) is 17.9. The largest absolute Gasteiger partial charge is 0.311 e. The van der Waals surface area contributed by atoms with Crippen molar-refractivity contribution >= 4 is 78.0 Å². The van der Waals surface area contributed by atoms with Gasteiger partial charge < -0.3 is 9.80 Å². The summed E-state index contributed by atoms with van der Waals surface area (Å²) in [6.07, 6.45) is 2.29. The van der Waals surface area contributed by atoms with E-state index in [4.69, 9.17) is 4.11 Å². The van der Waals surface area contributed by atoms with E-state index in [1.807, 2.05) is 23.5 Å². The molecule has 3 heterocycles. The van der Waals surface area contributed by atoms with Crippen LogP contribution < -0.4 is 25.5 Å². The summed E-state index contributed by atoms with van der Waals surface area (Å²) in [5.41, 5.74) is 16.8. The first-order chi connectivity index (χ1) is 25.0. The molecule has 1 aromatic heterocycles. The highest BCUT2D eigenvalue weighted by Crippen LogP contribution is 2.51. The van der Waals surface area contributed by atoms with Gasteiger partial charge in [0.25, 0.3) is 6.71 Å². The van der Waals surface area contributed by atoms with Gasteiger partial charge in [0.1, 0.15) is 0 Å². The van der Waals surface area contributed by atoms with Crippen LogP contribution in [0, 0.1) is 20.7 Å². The minimum Gasteiger partial charge on any atom is -0.311 e. The van der Waals surface area contributed by atoms with Gasteiger partial charge in [0.15, 0.2) is 0 Å². The van der Waals surface area contributed by atoms with Gasteiger partial charge in [0, 0.05) is 47.4 Å². The second-order valence-corrected chi connectivity index (χ2v) is 17.7. The highest BCUT2D eigenvalue weighted by atomic mass is 32.1. The Morgan fingerprint density at radius 1 is 0.720 bits per heavy atom. The molecule has 0 spiro atoms. The fourth-order valence-corrected chi connectivity index (χ4v) is 10.4. The number of hydrogen-bond donors (Lipinski definition) is 0. The van der Waals surface area contributed by atoms with Crippen molar-refractivity contribution in [1.82, 2.24) is 0 Å². The van der Waals surface area contributed by atoms with Crippen LogP contribution in [0.3, 0.4) is 0 Å². The Labute approximate surface area is 307 Å². The highest BCUT2D eigenvalue weighted by Gasteiger charge is 2.47. The molecular formula is C46H47BN2S. The van der Waals surface area contributed by atoms with E-state index in [0.29, 0.717) is 11.5 Å². The van der Waals surface area contributed by atoms with Gasteiger partial charge in [-0.2, -0.15) is 0 Å². The lowest BCUT2D eigenvalue weighted by Gasteiger charge is -2.47. The molecule has 0 saturated heterocycles. The van der Waals surface area contributed by atoms with E-state index in [-0.39, 0.29) is 17.5 Å². The van der Waals surface area contributed by atoms with E-state index in [1.54, 1.807) is 6.07 Å². The lowest BCUT2D eigenvalue weighted by Crippen LogP contribution is -2.61. The molecule has 4 heteroatoms. The molecule has 3 aliphatic rings. The van der Waals surface area contributed by atoms with E-state index in [2.05, 4.69) is 138 Å². The van der Waals surface area contributed by atoms with Crippen LogP contribution in [0.1, 0.15) is 97.8 Å². The van der Waals surface area contributed by atoms with Gasteiger partial charge in [0.2, 0.25) is 0 Å². The second kappa shape index (κ2) is 10.9. The van der Waals surface area contributed by atoms with Gasteiger partial charge in [-0.15, -0.1) is 11.3 Å². The quantitative estimate of drug-likeness (QED) is 0.172. The van der Waals surface area contributed by atoms with Crippen molar-refractivity contribution in [3.05, 3.63) is 124 Å². The van der Waals surface area contributed by atoms with Gasteiger partial charge >= 0.3 is 0 Å². The minimum absolute atomic E-state index is 0.0147. The van der Waals surface area contributed by atoms with Gasteiger partial charge in [-0.25, -0.2) is 0 Å². The van der Waals surface area contributed by atoms with Crippen molar-refractivity contribution in [2.75, 3.05) is 9.80 Å². The fourth-order valence-electron chi connectivity index (χ4n) is 9.07. The summed E-state index contributed by atoms with van der Waals surface area (Å²) in [6, 6.07) is 33.5. The Bertz CT molecular complexity index is 2470. The molecule has 250 valence electrons. The van der Waals surface area contributed by atoms with Crippen molar-refractivity contribution in [1.29, 1.82) is 0 Å². The topological polar surface area (TPSA) is 6.48 Å². The maximum absolute atomic E-state index is 8.36. The third kappa shape index (κ3) is 4.53. The van der Waals surface area contributed by atoms with Crippen LogP contribution in [0.25, 0.3) is 10.1 Å². The Morgan fingerprint density at radius 3 is 2.08 bits per heavy atom. The summed E-state index contributed by atoms with van der Waals surface area (Å²) < 4.78 is 27.4. The molecule has 50 heavy (non-hydrogen) atoms. The Hall–Kier alpha value is -4.28. The number of nitrogens with zero attached hydrogens (tertiary/aromatic N) is 2. The third-order valence-corrected chi connectivity index (χ3v) is 13.2. The second-order valence-electron chi connectivity index (χ2n) is 16.6. The first-order valence-corrected chi connectivity index (χ1v) is 19.0. The van der Waals surface area contributed by atoms with Gasteiger partial charge in [0.05, 0.1) is 5.69 Å². The number of rotatable bonds is 3. The van der Waals surface area contributed by atoms with E-state index >= 15 is 0 Å². The monoisotopic (exact) mass is 673 g/mol. The van der Waals surface area contributed by atoms with Crippen molar-refractivity contribution in [2.24, 2.45) is 0 Å². The molecule has 0 bridgehead atoms. The van der Waals surface area contributed by atoms with Gasteiger partial charge in [-0.3, -0.25) is 0 Å². The number of fused-ring (bicyclic) bond motifs is 7. The summed E-state index contributed by atoms with van der Waals surface area (Å²) in [6.45, 7) is 16.3. The predicted molar refractivity (Wildman–Crippen MR) is 219 cm³/mol. The van der Waals surface area contributed by atoms with Crippen LogP contribution >= 0.6 is 11.3 Å². The average Bonchev–Trinajstić information content (AvgIpc) is 3.48. The zero-order chi connectivity index (χ0) is 37.4. The minimum atomic E-state index is -2.20. The van der Waals surface area contributed by atoms with Crippen LogP contribution in [-0.4, -0.2) is 6.71 Å². The molecule has 9 rings (SSSR count). The molecule has 1 aliphatic carbocycles. The molecule has 6 aromatic rings. The summed E-state index contributed by atoms with van der Waals surface area (Å²) in [7, 11) is 0. The molecule has 2 nitrogen and oxygen atoms in total. The number of hydrogen-bond acceptors (Lipinski definition) is 3. The SMILES string of the molecule is [2H]C([2H])([2H])c1ccc2sc3c(c2c1)N(c1ccc(C(C)C)cc1)c1cccc2c1B3c1cc3c(cc1N2c1ccc(C)cc1C)C(C)(C)CCC3(C)C. The zero-order valence-corrected chi connectivity index (χ0v) is 31.3. The standard InChI is InChI=1S/C46H47BN2S/c1-27(2)31-15-17-32(18-16-31)48-38-11-10-12-39-42(38)47(44-43(48)33-24-29(4)14-20-41(33)50-44)36-25-34-35(46(8,9)22-21-45(34,6)7)26-40(36)49(39)37-19-13-28(3)23-30(37)5/h10-20,23-27H,21-22H2,1-9H3/i4D3. The Morgan fingerprint density at radius 2 is 1.40 bits per heavy atom. The van der Waals surface area contributed by atoms with Gasteiger partial charge in [-0.1, -0.05) is 95.1 Å². The van der Waals surface area contributed by atoms with E-state index in [0.717, 1.165) is 40.0 Å². The molecule has 0 fully saturated rings. The predicted octanol–water partition coefficient (Wildman–Crippen LogP) is 11.4. The van der Waals surface area contributed by atoms with Crippen LogP contribution in [0.2, 0.25) is 0 Å². The van der Waals surface area contributed by atoms with Crippen molar-refractivity contribution < 1.29 is 4.11 Å². The Kier molecular flexibility index (Phi) is 6.18. The van der Waals surface area contributed by atoms with Crippen molar-refractivity contribution in [3.8, 4) is 0 Å². The molecule has 0 amide bonds. The molecule has 0 unspecified atom stereocenters. The first kappa shape index (κ1) is 28.4. The molecule has 0 atom stereocenters. The van der Waals surface area contributed by atoms with E-state index in [1.165, 1.54) is 60.6 Å². The van der Waals surface area contributed by atoms with Crippen LogP contribution in [-0.2, 0) is 10.8 Å². The maximum Gasteiger partial charge on any atom is 0.264 e. The summed E-state index contributed by atoms with van der Waals surface area (Å²) in [5.74, 6) is 0.418. The fraction of sp³-hybridized carbons (Fsp3) is 0.304. The molecule has 0 N–H and O–H groups in total. The summed E-state index contributed by atoms with van der Waals surface area (Å²) >= 11 is 1.82. The lowest BCUT2D eigenvalue weighted by atomic mass is 9.35. The van der Waals surface area contributed by atoms with Crippen molar-refractivity contribution in [3.63, 3.8) is 0 Å². The third-order valence-electron chi connectivity index (χ3n) is 12.0. The summed E-state index contributed by atoms with van der Waals surface area (Å²) in [5, 5.41) is 1.00. The van der Waals surface area contributed by atoms with Gasteiger partial charge in [-0.05, 0) is 132 Å². The molecule has 2 aliphatic heterocycles. The van der Waals surface area contributed by atoms with Crippen LogP contribution in [0.4, 0.5) is 34.1 Å². The molecule has 0 radical (unpaired) electrons. The molecule has 0 saturated carbocycles. The Balaban J connectivity index is 1.41. The van der Waals surface area contributed by atoms with Crippen molar-refractivity contribution in [2.45, 2.75) is 91.8 Å². The number of aryl methyl sites for hydroxylation is 3. The first-order valence-electron chi connectivity index (χ1n) is 19.7. The number of thiophene rings is 1. The van der Waals surface area contributed by atoms with Crippen LogP contribution in [0.5, 0.6) is 0 Å². The molecule has 5 aromatic carbocycles. The average molecular weight is 674 g/mol. The molecular weight excluding hydrogens is 623 g/mol. The lowest BCUT2D eigenvalue weighted by molar-refractivity contribution is 0.332. The van der Waals surface area contributed by atoms with E-state index < -0.39 is 6.85 Å². The van der Waals surface area contributed by atoms with Crippen LogP contribution in [0.15, 0.2) is 91.0 Å². The smallest absolute Gasteiger partial charge is 0.264 e. The van der Waals surface area contributed by atoms with E-state index in [9.17, 15) is 0 Å².